The van der Waals surface area contributed by atoms with Crippen molar-refractivity contribution in [2.24, 2.45) is 5.73 Å². The van der Waals surface area contributed by atoms with Crippen molar-refractivity contribution in [3.8, 4) is 0 Å². The third-order valence-electron chi connectivity index (χ3n) is 2.52. The third-order valence-corrected chi connectivity index (χ3v) is 4.34. The Balaban J connectivity index is 3.06. The van der Waals surface area contributed by atoms with Crippen LogP contribution in [0, 0.1) is 0 Å². The summed E-state index contributed by atoms with van der Waals surface area (Å²) in [5.41, 5.74) is 5.76. The van der Waals surface area contributed by atoms with Gasteiger partial charge in [-0.15, -0.1) is 0 Å². The quantitative estimate of drug-likeness (QED) is 0.648. The molecule has 0 spiro atoms. The first-order valence-electron chi connectivity index (χ1n) is 5.98. The molecule has 8 heteroatoms. The van der Waals surface area contributed by atoms with E-state index in [1.807, 2.05) is 0 Å². The van der Waals surface area contributed by atoms with Gasteiger partial charge >= 0.3 is 0 Å². The summed E-state index contributed by atoms with van der Waals surface area (Å²) in [6, 6.07) is 5.22. The van der Waals surface area contributed by atoms with Gasteiger partial charge in [0.2, 0.25) is 15.9 Å². The second-order valence-electron chi connectivity index (χ2n) is 4.10. The minimum atomic E-state index is -3.88. The Bertz CT molecular complexity index is 614. The van der Waals surface area contributed by atoms with E-state index in [4.69, 9.17) is 18.0 Å². The van der Waals surface area contributed by atoms with Gasteiger partial charge in [-0.3, -0.25) is 4.79 Å². The van der Waals surface area contributed by atoms with E-state index in [-0.39, 0.29) is 15.4 Å². The maximum atomic E-state index is 12.3. The summed E-state index contributed by atoms with van der Waals surface area (Å²) in [6.45, 7) is 3.64. The van der Waals surface area contributed by atoms with Gasteiger partial charge in [0.1, 0.15) is 4.99 Å². The zero-order valence-electron chi connectivity index (χ0n) is 11.2. The Morgan fingerprint density at radius 1 is 1.40 bits per heavy atom. The summed E-state index contributed by atoms with van der Waals surface area (Å²) < 4.78 is 26.8. The van der Waals surface area contributed by atoms with Crippen LogP contribution in [0.15, 0.2) is 29.2 Å². The second-order valence-corrected chi connectivity index (χ2v) is 6.22. The predicted molar refractivity (Wildman–Crippen MR) is 80.8 cm³/mol. The molecule has 4 N–H and O–H groups in total. The van der Waals surface area contributed by atoms with Gasteiger partial charge in [0.25, 0.3) is 0 Å². The first-order chi connectivity index (χ1) is 9.29. The van der Waals surface area contributed by atoms with Crippen LogP contribution >= 0.6 is 12.2 Å². The first-order valence-corrected chi connectivity index (χ1v) is 7.87. The number of carbonyl (C=O) groups excluding carboxylic acids is 1. The fraction of sp³-hybridized carbons (Fsp3) is 0.333. The number of amides is 1. The molecule has 1 amide bonds. The van der Waals surface area contributed by atoms with Crippen LogP contribution in [-0.4, -0.2) is 31.9 Å². The standard InChI is InChI=1S/C12H17N3O3S2/c1-3-14-12(16)8(2)15-20(17,18)10-7-5-4-6-9(10)11(13)19/h4-8,15H,3H2,1-2H3,(H2,13,19)(H,14,16). The number of benzene rings is 1. The summed E-state index contributed by atoms with van der Waals surface area (Å²) in [4.78, 5) is 11.5. The van der Waals surface area contributed by atoms with Gasteiger partial charge in [0.05, 0.1) is 10.9 Å². The highest BCUT2D eigenvalue weighted by atomic mass is 32.2. The molecule has 0 aromatic heterocycles. The molecular weight excluding hydrogens is 298 g/mol. The highest BCUT2D eigenvalue weighted by molar-refractivity contribution is 7.89. The Kier molecular flexibility index (Phi) is 5.61. The first kappa shape index (κ1) is 16.5. The van der Waals surface area contributed by atoms with E-state index in [2.05, 4.69) is 10.0 Å². The number of thiocarbonyl (C=S) groups is 1. The lowest BCUT2D eigenvalue weighted by Gasteiger charge is -2.15. The predicted octanol–water partition coefficient (Wildman–Crippen LogP) is 0.124. The molecule has 0 aliphatic rings. The van der Waals surface area contributed by atoms with E-state index in [0.29, 0.717) is 6.54 Å². The molecule has 1 unspecified atom stereocenters. The number of carbonyl (C=O) groups is 1. The molecule has 0 aliphatic heterocycles. The lowest BCUT2D eigenvalue weighted by atomic mass is 10.2. The second kappa shape index (κ2) is 6.78. The van der Waals surface area contributed by atoms with Crippen LogP contribution in [0.1, 0.15) is 19.4 Å². The van der Waals surface area contributed by atoms with Gasteiger partial charge in [-0.25, -0.2) is 8.42 Å². The molecule has 0 aliphatic carbocycles. The highest BCUT2D eigenvalue weighted by Gasteiger charge is 2.24. The average Bonchev–Trinajstić information content (AvgIpc) is 2.38. The molecule has 1 atom stereocenters. The van der Waals surface area contributed by atoms with E-state index < -0.39 is 22.0 Å². The largest absolute Gasteiger partial charge is 0.389 e. The van der Waals surface area contributed by atoms with Crippen LogP contribution in [0.3, 0.4) is 0 Å². The van der Waals surface area contributed by atoms with Gasteiger partial charge in [-0.2, -0.15) is 4.72 Å². The van der Waals surface area contributed by atoms with Gasteiger partial charge in [0.15, 0.2) is 0 Å². The molecule has 0 saturated heterocycles. The van der Waals surface area contributed by atoms with Crippen LogP contribution in [0.4, 0.5) is 0 Å². The van der Waals surface area contributed by atoms with Crippen molar-refractivity contribution >= 4 is 33.1 Å². The summed E-state index contributed by atoms with van der Waals surface area (Å²) in [5.74, 6) is -0.399. The van der Waals surface area contributed by atoms with Crippen molar-refractivity contribution in [2.45, 2.75) is 24.8 Å². The molecule has 0 fully saturated rings. The minimum Gasteiger partial charge on any atom is -0.389 e. The monoisotopic (exact) mass is 315 g/mol. The molecule has 0 saturated carbocycles. The Morgan fingerprint density at radius 3 is 2.55 bits per heavy atom. The lowest BCUT2D eigenvalue weighted by molar-refractivity contribution is -0.122. The van der Waals surface area contributed by atoms with Gasteiger partial charge in [-0.1, -0.05) is 30.4 Å². The zero-order chi connectivity index (χ0) is 15.3. The maximum Gasteiger partial charge on any atom is 0.241 e. The van der Waals surface area contributed by atoms with Crippen molar-refractivity contribution in [1.82, 2.24) is 10.0 Å². The smallest absolute Gasteiger partial charge is 0.241 e. The minimum absolute atomic E-state index is 0.0170. The molecule has 1 aromatic carbocycles. The van der Waals surface area contributed by atoms with Crippen LogP contribution < -0.4 is 15.8 Å². The molecule has 20 heavy (non-hydrogen) atoms. The van der Waals surface area contributed by atoms with Crippen LogP contribution in [0.5, 0.6) is 0 Å². The van der Waals surface area contributed by atoms with E-state index in [9.17, 15) is 13.2 Å². The maximum absolute atomic E-state index is 12.3. The van der Waals surface area contributed by atoms with Crippen LogP contribution in [0.25, 0.3) is 0 Å². The number of likely N-dealkylation sites (N-methyl/N-ethyl adjacent to an activating group) is 1. The molecule has 6 nitrogen and oxygen atoms in total. The molecular formula is C12H17N3O3S2. The molecule has 0 radical (unpaired) electrons. The van der Waals surface area contributed by atoms with Gasteiger partial charge < -0.3 is 11.1 Å². The Hall–Kier alpha value is -1.51. The molecule has 0 bridgehead atoms. The summed E-state index contributed by atoms with van der Waals surface area (Å²) in [5, 5.41) is 2.54. The zero-order valence-corrected chi connectivity index (χ0v) is 12.8. The Morgan fingerprint density at radius 2 is 2.00 bits per heavy atom. The van der Waals surface area contributed by atoms with Crippen molar-refractivity contribution < 1.29 is 13.2 Å². The van der Waals surface area contributed by atoms with Crippen LogP contribution in [0.2, 0.25) is 0 Å². The highest BCUT2D eigenvalue weighted by Crippen LogP contribution is 2.15. The molecule has 110 valence electrons. The van der Waals surface area contributed by atoms with Crippen molar-refractivity contribution in [3.63, 3.8) is 0 Å². The molecule has 1 aromatic rings. The lowest BCUT2D eigenvalue weighted by Crippen LogP contribution is -2.44. The third kappa shape index (κ3) is 3.99. The van der Waals surface area contributed by atoms with E-state index >= 15 is 0 Å². The number of hydrogen-bond acceptors (Lipinski definition) is 4. The summed E-state index contributed by atoms with van der Waals surface area (Å²) in [7, 11) is -3.88. The average molecular weight is 315 g/mol. The number of sulfonamides is 1. The SMILES string of the molecule is CCNC(=O)C(C)NS(=O)(=O)c1ccccc1C(N)=S. The summed E-state index contributed by atoms with van der Waals surface area (Å²) >= 11 is 4.83. The van der Waals surface area contributed by atoms with E-state index in [1.54, 1.807) is 19.1 Å². The fourth-order valence-corrected chi connectivity index (χ4v) is 3.25. The van der Waals surface area contributed by atoms with Crippen molar-refractivity contribution in [3.05, 3.63) is 29.8 Å². The fourth-order valence-electron chi connectivity index (χ4n) is 1.58. The van der Waals surface area contributed by atoms with Crippen molar-refractivity contribution in [1.29, 1.82) is 0 Å². The molecule has 1 rings (SSSR count). The van der Waals surface area contributed by atoms with Gasteiger partial charge in [0, 0.05) is 12.1 Å². The molecule has 0 heterocycles. The number of nitrogens with one attached hydrogen (secondary N) is 2. The number of rotatable bonds is 6. The van der Waals surface area contributed by atoms with E-state index in [1.165, 1.54) is 19.1 Å². The van der Waals surface area contributed by atoms with Crippen molar-refractivity contribution in [2.75, 3.05) is 6.54 Å². The Labute approximate surface area is 123 Å². The van der Waals surface area contributed by atoms with Crippen LogP contribution in [-0.2, 0) is 14.8 Å². The topological polar surface area (TPSA) is 101 Å². The summed E-state index contributed by atoms with van der Waals surface area (Å²) in [6.07, 6.45) is 0. The number of nitrogens with two attached hydrogens (primary N) is 1. The number of hydrogen-bond donors (Lipinski definition) is 3. The van der Waals surface area contributed by atoms with E-state index in [0.717, 1.165) is 0 Å². The normalized spacial score (nSPS) is 12.7. The van der Waals surface area contributed by atoms with Gasteiger partial charge in [-0.05, 0) is 19.9 Å².